The highest BCUT2D eigenvalue weighted by atomic mass is 16.4. The standard InChI is InChI=1S/C12H26O.C7H6O3/c1-3-5-7-8-9-11-12(13)10-6-4-2;8-6-4-2-1-3-5(6)7(9)10/h12-13H,3-11H2,1-2H3;1-4,8H,(H,9,10). The number of hydrogen-bond acceptors (Lipinski definition) is 3. The van der Waals surface area contributed by atoms with Crippen molar-refractivity contribution in [1.82, 2.24) is 0 Å². The lowest BCUT2D eigenvalue weighted by molar-refractivity contribution is 0.0693. The number of benzene rings is 1. The van der Waals surface area contributed by atoms with E-state index >= 15 is 0 Å². The Hall–Kier alpha value is -1.55. The molecule has 132 valence electrons. The molecule has 0 radical (unpaired) electrons. The summed E-state index contributed by atoms with van der Waals surface area (Å²) in [5.41, 5.74) is -0.0671. The zero-order valence-electron chi connectivity index (χ0n) is 14.5. The molecule has 0 aromatic heterocycles. The van der Waals surface area contributed by atoms with E-state index in [9.17, 15) is 9.90 Å². The number of hydrogen-bond donors (Lipinski definition) is 3. The van der Waals surface area contributed by atoms with Crippen molar-refractivity contribution in [2.45, 2.75) is 77.7 Å². The highest BCUT2D eigenvalue weighted by Crippen LogP contribution is 2.14. The quantitative estimate of drug-likeness (QED) is 0.530. The van der Waals surface area contributed by atoms with Gasteiger partial charge >= 0.3 is 5.97 Å². The Labute approximate surface area is 140 Å². The van der Waals surface area contributed by atoms with E-state index in [2.05, 4.69) is 13.8 Å². The van der Waals surface area contributed by atoms with Crippen LogP contribution in [0.25, 0.3) is 0 Å². The maximum atomic E-state index is 10.3. The van der Waals surface area contributed by atoms with Gasteiger partial charge in [0.05, 0.1) is 6.10 Å². The lowest BCUT2D eigenvalue weighted by Gasteiger charge is -2.08. The molecule has 1 unspecified atom stereocenters. The first-order valence-corrected chi connectivity index (χ1v) is 8.72. The van der Waals surface area contributed by atoms with E-state index in [1.54, 1.807) is 12.1 Å². The molecule has 0 amide bonds. The topological polar surface area (TPSA) is 77.8 Å². The molecule has 1 aromatic carbocycles. The molecule has 0 spiro atoms. The van der Waals surface area contributed by atoms with E-state index in [0.717, 1.165) is 12.8 Å². The average molecular weight is 324 g/mol. The minimum atomic E-state index is -1.11. The zero-order valence-corrected chi connectivity index (χ0v) is 14.5. The molecular weight excluding hydrogens is 292 g/mol. The number of unbranched alkanes of at least 4 members (excludes halogenated alkanes) is 5. The second-order valence-electron chi connectivity index (χ2n) is 5.82. The molecule has 3 N–H and O–H groups in total. The van der Waals surface area contributed by atoms with Crippen molar-refractivity contribution in [3.63, 3.8) is 0 Å². The summed E-state index contributed by atoms with van der Waals surface area (Å²) in [6.07, 6.45) is 10.9. The third-order valence-electron chi connectivity index (χ3n) is 3.67. The van der Waals surface area contributed by atoms with Gasteiger partial charge in [-0.25, -0.2) is 4.79 Å². The van der Waals surface area contributed by atoms with Crippen molar-refractivity contribution in [3.8, 4) is 5.75 Å². The van der Waals surface area contributed by atoms with Crippen LogP contribution >= 0.6 is 0 Å². The van der Waals surface area contributed by atoms with E-state index in [1.807, 2.05) is 0 Å². The van der Waals surface area contributed by atoms with Gasteiger partial charge in [-0.3, -0.25) is 0 Å². The molecule has 0 bridgehead atoms. The van der Waals surface area contributed by atoms with Gasteiger partial charge in [0, 0.05) is 0 Å². The first-order valence-electron chi connectivity index (χ1n) is 8.72. The Bertz CT molecular complexity index is 418. The Morgan fingerprint density at radius 1 is 0.957 bits per heavy atom. The summed E-state index contributed by atoms with van der Waals surface area (Å²) in [6.45, 7) is 4.41. The van der Waals surface area contributed by atoms with Crippen LogP contribution in [0.2, 0.25) is 0 Å². The molecule has 4 heteroatoms. The van der Waals surface area contributed by atoms with Gasteiger partial charge in [0.25, 0.3) is 0 Å². The SMILES string of the molecule is CCCCCCCC(O)CCCC.O=C(O)c1ccccc1O. The Balaban J connectivity index is 0.000000433. The van der Waals surface area contributed by atoms with Crippen LogP contribution in [0.15, 0.2) is 24.3 Å². The number of para-hydroxylation sites is 1. The van der Waals surface area contributed by atoms with Gasteiger partial charge in [-0.05, 0) is 25.0 Å². The van der Waals surface area contributed by atoms with Gasteiger partial charge in [0.15, 0.2) is 0 Å². The maximum absolute atomic E-state index is 10.3. The van der Waals surface area contributed by atoms with Crippen LogP contribution in [0.1, 0.15) is 82.0 Å². The Morgan fingerprint density at radius 2 is 1.52 bits per heavy atom. The largest absolute Gasteiger partial charge is 0.507 e. The van der Waals surface area contributed by atoms with E-state index in [-0.39, 0.29) is 17.4 Å². The predicted octanol–water partition coefficient (Wildman–Crippen LogP) is 4.99. The number of aliphatic hydroxyl groups is 1. The molecule has 1 aromatic rings. The van der Waals surface area contributed by atoms with Gasteiger partial charge in [-0.15, -0.1) is 0 Å². The van der Waals surface area contributed by atoms with Crippen LogP contribution in [-0.2, 0) is 0 Å². The number of rotatable bonds is 10. The fourth-order valence-electron chi connectivity index (χ4n) is 2.22. The van der Waals surface area contributed by atoms with Crippen molar-refractivity contribution >= 4 is 5.97 Å². The first kappa shape index (κ1) is 21.4. The van der Waals surface area contributed by atoms with Crippen molar-refractivity contribution in [1.29, 1.82) is 0 Å². The van der Waals surface area contributed by atoms with Crippen LogP contribution < -0.4 is 0 Å². The van der Waals surface area contributed by atoms with Crippen molar-refractivity contribution in [2.75, 3.05) is 0 Å². The van der Waals surface area contributed by atoms with Gasteiger partial charge in [-0.1, -0.05) is 70.9 Å². The smallest absolute Gasteiger partial charge is 0.339 e. The maximum Gasteiger partial charge on any atom is 0.339 e. The molecule has 4 nitrogen and oxygen atoms in total. The Morgan fingerprint density at radius 3 is 2.04 bits per heavy atom. The molecule has 0 aliphatic heterocycles. The Kier molecular flexibility index (Phi) is 13.1. The molecule has 1 atom stereocenters. The first-order chi connectivity index (χ1) is 11.0. The molecule has 0 saturated heterocycles. The van der Waals surface area contributed by atoms with Crippen LogP contribution in [0.5, 0.6) is 5.75 Å². The summed E-state index contributed by atoms with van der Waals surface area (Å²) in [7, 11) is 0. The molecule has 1 rings (SSSR count). The summed E-state index contributed by atoms with van der Waals surface area (Å²) in [5.74, 6) is -1.31. The zero-order chi connectivity index (χ0) is 17.5. The van der Waals surface area contributed by atoms with Crippen LogP contribution in [0, 0.1) is 0 Å². The fourth-order valence-corrected chi connectivity index (χ4v) is 2.22. The van der Waals surface area contributed by atoms with E-state index in [0.29, 0.717) is 0 Å². The number of carbonyl (C=O) groups is 1. The van der Waals surface area contributed by atoms with Crippen molar-refractivity contribution < 1.29 is 20.1 Å². The second-order valence-corrected chi connectivity index (χ2v) is 5.82. The second kappa shape index (κ2) is 14.1. The van der Waals surface area contributed by atoms with Crippen molar-refractivity contribution in [3.05, 3.63) is 29.8 Å². The average Bonchev–Trinajstić information content (AvgIpc) is 2.53. The monoisotopic (exact) mass is 324 g/mol. The number of carboxylic acid groups (broad SMARTS) is 1. The van der Waals surface area contributed by atoms with Gasteiger partial charge < -0.3 is 15.3 Å². The highest BCUT2D eigenvalue weighted by Gasteiger charge is 2.05. The summed E-state index contributed by atoms with van der Waals surface area (Å²) in [6, 6.07) is 5.81. The summed E-state index contributed by atoms with van der Waals surface area (Å²) >= 11 is 0. The lowest BCUT2D eigenvalue weighted by atomic mass is 10.0. The number of carboxylic acids is 1. The fraction of sp³-hybridized carbons (Fsp3) is 0.632. The third kappa shape index (κ3) is 11.6. The van der Waals surface area contributed by atoms with Crippen LogP contribution in [-0.4, -0.2) is 27.4 Å². The normalized spacial score (nSPS) is 11.4. The van der Waals surface area contributed by atoms with Gasteiger partial charge in [0.2, 0.25) is 0 Å². The van der Waals surface area contributed by atoms with Crippen molar-refractivity contribution in [2.24, 2.45) is 0 Å². The minimum Gasteiger partial charge on any atom is -0.507 e. The molecule has 23 heavy (non-hydrogen) atoms. The number of aromatic hydroxyl groups is 1. The molecular formula is C19H32O4. The molecule has 0 aliphatic carbocycles. The number of aromatic carboxylic acids is 1. The van der Waals surface area contributed by atoms with Gasteiger partial charge in [-0.2, -0.15) is 0 Å². The molecule has 0 aliphatic rings. The van der Waals surface area contributed by atoms with Crippen LogP contribution in [0.3, 0.4) is 0 Å². The molecule has 0 fully saturated rings. The summed E-state index contributed by atoms with van der Waals surface area (Å²) < 4.78 is 0. The summed E-state index contributed by atoms with van der Waals surface area (Å²) in [5, 5.41) is 26.8. The van der Waals surface area contributed by atoms with E-state index < -0.39 is 5.97 Å². The third-order valence-corrected chi connectivity index (χ3v) is 3.67. The summed E-state index contributed by atoms with van der Waals surface area (Å²) in [4.78, 5) is 10.3. The number of phenols is 1. The predicted molar refractivity (Wildman–Crippen MR) is 94.0 cm³/mol. The van der Waals surface area contributed by atoms with E-state index in [4.69, 9.17) is 10.2 Å². The molecule has 0 saturated carbocycles. The highest BCUT2D eigenvalue weighted by molar-refractivity contribution is 5.90. The minimum absolute atomic E-state index is 0.0263. The van der Waals surface area contributed by atoms with E-state index in [1.165, 1.54) is 57.1 Å². The number of aliphatic hydroxyl groups excluding tert-OH is 1. The molecule has 0 heterocycles. The van der Waals surface area contributed by atoms with Crippen LogP contribution in [0.4, 0.5) is 0 Å². The van der Waals surface area contributed by atoms with Gasteiger partial charge in [0.1, 0.15) is 11.3 Å². The lowest BCUT2D eigenvalue weighted by Crippen LogP contribution is -2.05.